The molecule has 2 aliphatic rings. The zero-order valence-corrected chi connectivity index (χ0v) is 19.5. The van der Waals surface area contributed by atoms with Crippen LogP contribution >= 0.6 is 0 Å². The number of benzene rings is 1. The first-order valence-corrected chi connectivity index (χ1v) is 12.3. The van der Waals surface area contributed by atoms with Crippen LogP contribution in [0.15, 0.2) is 28.2 Å². The average molecular weight is 432 g/mol. The van der Waals surface area contributed by atoms with E-state index in [9.17, 15) is 13.2 Å². The molecule has 1 N–H and O–H groups in total. The van der Waals surface area contributed by atoms with E-state index in [4.69, 9.17) is 0 Å². The van der Waals surface area contributed by atoms with Gasteiger partial charge in [-0.15, -0.1) is 4.40 Å². The molecule has 1 aromatic carbocycles. The van der Waals surface area contributed by atoms with Crippen molar-refractivity contribution in [2.24, 2.45) is 10.3 Å². The fraction of sp³-hybridized carbons (Fsp3) is 0.565. The second-order valence-corrected chi connectivity index (χ2v) is 10.1. The van der Waals surface area contributed by atoms with Crippen LogP contribution in [0.25, 0.3) is 4.91 Å². The average Bonchev–Trinajstić information content (AvgIpc) is 2.94. The third-order valence-corrected chi connectivity index (χ3v) is 7.69. The molecule has 3 rings (SSSR count). The van der Waals surface area contributed by atoms with Crippen LogP contribution < -0.4 is 5.32 Å². The van der Waals surface area contributed by atoms with Crippen LogP contribution in [0.2, 0.25) is 0 Å². The highest BCUT2D eigenvalue weighted by molar-refractivity contribution is 8.00. The van der Waals surface area contributed by atoms with Gasteiger partial charge in [0.25, 0.3) is 10.0 Å². The largest absolute Gasteiger partial charge is 0.356 e. The molecule has 0 unspecified atom stereocenters. The number of aryl methyl sites for hydroxylation is 2. The van der Waals surface area contributed by atoms with Gasteiger partial charge >= 0.3 is 0 Å². The Morgan fingerprint density at radius 2 is 1.87 bits per heavy atom. The molecule has 1 fully saturated rings. The fourth-order valence-corrected chi connectivity index (χ4v) is 5.68. The molecule has 1 saturated heterocycles. The van der Waals surface area contributed by atoms with E-state index in [1.807, 2.05) is 50.8 Å². The number of carbonyl (C=O) groups is 1. The van der Waals surface area contributed by atoms with Crippen molar-refractivity contribution in [1.29, 1.82) is 0 Å². The molecular formula is C23H33N3O3S. The van der Waals surface area contributed by atoms with Crippen molar-refractivity contribution < 1.29 is 13.2 Å². The van der Waals surface area contributed by atoms with E-state index in [1.165, 1.54) is 0 Å². The molecule has 2 aliphatic heterocycles. The van der Waals surface area contributed by atoms with Gasteiger partial charge in [0.1, 0.15) is 10.7 Å². The van der Waals surface area contributed by atoms with Crippen LogP contribution in [0.4, 0.5) is 0 Å². The Kier molecular flexibility index (Phi) is 6.70. The van der Waals surface area contributed by atoms with Gasteiger partial charge in [0, 0.05) is 30.6 Å². The summed E-state index contributed by atoms with van der Waals surface area (Å²) in [7, 11) is -3.71. The second-order valence-electron chi connectivity index (χ2n) is 8.60. The van der Waals surface area contributed by atoms with Crippen LogP contribution in [0.3, 0.4) is 0 Å². The summed E-state index contributed by atoms with van der Waals surface area (Å²) in [4.78, 5) is 14.6. The summed E-state index contributed by atoms with van der Waals surface area (Å²) in [6.07, 6.45) is 3.46. The smallest absolute Gasteiger partial charge is 0.285 e. The molecule has 0 aromatic heterocycles. The lowest BCUT2D eigenvalue weighted by Gasteiger charge is -2.34. The fourth-order valence-electron chi connectivity index (χ4n) is 4.21. The van der Waals surface area contributed by atoms with Crippen molar-refractivity contribution >= 4 is 26.7 Å². The van der Waals surface area contributed by atoms with E-state index in [2.05, 4.69) is 16.6 Å². The third kappa shape index (κ3) is 4.61. The summed E-state index contributed by atoms with van der Waals surface area (Å²) in [5.41, 5.74) is 3.59. The third-order valence-electron chi connectivity index (χ3n) is 6.22. The topological polar surface area (TPSA) is 78.8 Å². The van der Waals surface area contributed by atoms with Gasteiger partial charge in [-0.05, 0) is 56.7 Å². The number of amides is 1. The molecule has 164 valence electrons. The highest BCUT2D eigenvalue weighted by Crippen LogP contribution is 2.35. The van der Waals surface area contributed by atoms with Crippen molar-refractivity contribution in [2.45, 2.75) is 66.3 Å². The summed E-state index contributed by atoms with van der Waals surface area (Å²) in [6, 6.07) is 5.86. The molecule has 2 heterocycles. The zero-order chi connectivity index (χ0) is 22.1. The standard InChI is InChI=1S/C23H33N3O3S/c1-6-7-16(3)23(27)24-20-10-12-26(13-11-20)22-18(5)21(30(28,29)25-22)19-9-8-15(2)17(4)14-19/h8-9,14,16,20H,6-7,10-13H2,1-5H3,(H,24,27)/t16-/m1/s1. The van der Waals surface area contributed by atoms with Crippen LogP contribution in [-0.4, -0.2) is 44.2 Å². The van der Waals surface area contributed by atoms with Crippen molar-refractivity contribution in [3.05, 3.63) is 40.5 Å². The summed E-state index contributed by atoms with van der Waals surface area (Å²) in [6.45, 7) is 11.2. The van der Waals surface area contributed by atoms with Gasteiger partial charge in [0.2, 0.25) is 5.91 Å². The molecule has 1 aromatic rings. The maximum absolute atomic E-state index is 12.8. The molecule has 30 heavy (non-hydrogen) atoms. The minimum Gasteiger partial charge on any atom is -0.356 e. The SMILES string of the molecule is CCC[C@@H](C)C(=O)NC1CCN(C2=NS(=O)(=O)C(c3ccc(C)c(C)c3)=C2C)CC1. The highest BCUT2D eigenvalue weighted by atomic mass is 32.2. The van der Waals surface area contributed by atoms with E-state index in [0.717, 1.165) is 36.8 Å². The Hall–Kier alpha value is -2.15. The molecule has 1 atom stereocenters. The second kappa shape index (κ2) is 8.92. The van der Waals surface area contributed by atoms with Crippen LogP contribution in [0.5, 0.6) is 0 Å². The molecule has 7 heteroatoms. The lowest BCUT2D eigenvalue weighted by atomic mass is 10.00. The maximum atomic E-state index is 12.8. The first kappa shape index (κ1) is 22.5. The van der Waals surface area contributed by atoms with Crippen molar-refractivity contribution in [3.8, 4) is 0 Å². The number of rotatable bonds is 5. The lowest BCUT2D eigenvalue weighted by molar-refractivity contribution is -0.125. The lowest BCUT2D eigenvalue weighted by Crippen LogP contribution is -2.47. The Labute approximate surface area is 180 Å². The van der Waals surface area contributed by atoms with E-state index in [0.29, 0.717) is 35.0 Å². The molecule has 0 radical (unpaired) electrons. The van der Waals surface area contributed by atoms with Gasteiger partial charge in [0.05, 0.1) is 0 Å². The van der Waals surface area contributed by atoms with Gasteiger partial charge in [-0.2, -0.15) is 8.42 Å². The van der Waals surface area contributed by atoms with Crippen LogP contribution in [0, 0.1) is 19.8 Å². The number of carbonyl (C=O) groups excluding carboxylic acids is 1. The van der Waals surface area contributed by atoms with E-state index in [-0.39, 0.29) is 17.9 Å². The molecule has 0 bridgehead atoms. The summed E-state index contributed by atoms with van der Waals surface area (Å²) in [5.74, 6) is 0.694. The molecular weight excluding hydrogens is 398 g/mol. The highest BCUT2D eigenvalue weighted by Gasteiger charge is 2.35. The number of piperidine rings is 1. The van der Waals surface area contributed by atoms with E-state index in [1.54, 1.807) is 0 Å². The Balaban J connectivity index is 1.72. The van der Waals surface area contributed by atoms with Gasteiger partial charge in [-0.25, -0.2) is 0 Å². The van der Waals surface area contributed by atoms with Crippen LogP contribution in [-0.2, 0) is 14.8 Å². The van der Waals surface area contributed by atoms with Crippen molar-refractivity contribution in [2.75, 3.05) is 13.1 Å². The molecule has 0 aliphatic carbocycles. The molecule has 6 nitrogen and oxygen atoms in total. The Morgan fingerprint density at radius 3 is 2.47 bits per heavy atom. The number of nitrogens with one attached hydrogen (secondary N) is 1. The number of nitrogens with zero attached hydrogens (tertiary/aromatic N) is 2. The summed E-state index contributed by atoms with van der Waals surface area (Å²) >= 11 is 0. The Morgan fingerprint density at radius 1 is 1.20 bits per heavy atom. The first-order chi connectivity index (χ1) is 14.1. The number of likely N-dealkylation sites (tertiary alicyclic amines) is 1. The maximum Gasteiger partial charge on any atom is 0.285 e. The summed E-state index contributed by atoms with van der Waals surface area (Å²) < 4.78 is 29.8. The van der Waals surface area contributed by atoms with Crippen LogP contribution in [0.1, 0.15) is 63.1 Å². The van der Waals surface area contributed by atoms with Gasteiger partial charge < -0.3 is 10.2 Å². The number of hydrogen-bond donors (Lipinski definition) is 1. The predicted octanol–water partition coefficient (Wildman–Crippen LogP) is 3.79. The minimum absolute atomic E-state index is 0.0306. The van der Waals surface area contributed by atoms with Crippen molar-refractivity contribution in [1.82, 2.24) is 10.2 Å². The monoisotopic (exact) mass is 431 g/mol. The van der Waals surface area contributed by atoms with Gasteiger partial charge in [-0.1, -0.05) is 38.5 Å². The number of hydrogen-bond acceptors (Lipinski definition) is 4. The van der Waals surface area contributed by atoms with E-state index < -0.39 is 10.0 Å². The zero-order valence-electron chi connectivity index (χ0n) is 18.7. The van der Waals surface area contributed by atoms with E-state index >= 15 is 0 Å². The number of amidine groups is 1. The van der Waals surface area contributed by atoms with Crippen molar-refractivity contribution in [3.63, 3.8) is 0 Å². The quantitative estimate of drug-likeness (QED) is 0.769. The normalized spacial score (nSPS) is 20.3. The first-order valence-electron chi connectivity index (χ1n) is 10.8. The van der Waals surface area contributed by atoms with Gasteiger partial charge in [-0.3, -0.25) is 4.79 Å². The summed E-state index contributed by atoms with van der Waals surface area (Å²) in [5, 5.41) is 3.15. The van der Waals surface area contributed by atoms with Gasteiger partial charge in [0.15, 0.2) is 0 Å². The Bertz CT molecular complexity index is 987. The predicted molar refractivity (Wildman–Crippen MR) is 122 cm³/mol. The molecule has 0 spiro atoms. The number of sulfonamides is 1. The molecule has 0 saturated carbocycles. The molecule has 1 amide bonds. The minimum atomic E-state index is -3.71.